The van der Waals surface area contributed by atoms with E-state index in [1.54, 1.807) is 6.07 Å². The van der Waals surface area contributed by atoms with Gasteiger partial charge in [0, 0.05) is 9.50 Å². The minimum atomic E-state index is -0.480. The second-order valence-electron chi connectivity index (χ2n) is 3.97. The molecular weight excluding hydrogens is 304 g/mol. The van der Waals surface area contributed by atoms with Crippen molar-refractivity contribution < 1.29 is 4.79 Å². The third-order valence-electron chi connectivity index (χ3n) is 2.44. The van der Waals surface area contributed by atoms with Crippen LogP contribution in [0.3, 0.4) is 0 Å². The highest BCUT2D eigenvalue weighted by molar-refractivity contribution is 9.10. The van der Waals surface area contributed by atoms with E-state index >= 15 is 0 Å². The first-order chi connectivity index (χ1) is 7.95. The molecule has 0 radical (unpaired) electrons. The molecule has 0 spiro atoms. The lowest BCUT2D eigenvalue weighted by Crippen LogP contribution is -2.35. The average Bonchev–Trinajstić information content (AvgIpc) is 2.26. The van der Waals surface area contributed by atoms with Crippen molar-refractivity contribution >= 4 is 39.1 Å². The molecule has 0 unspecified atom stereocenters. The van der Waals surface area contributed by atoms with Crippen molar-refractivity contribution in [3.63, 3.8) is 0 Å². The van der Waals surface area contributed by atoms with Crippen LogP contribution in [0.5, 0.6) is 0 Å². The second kappa shape index (κ2) is 6.38. The fourth-order valence-electron chi connectivity index (χ4n) is 1.41. The molecule has 3 nitrogen and oxygen atoms in total. The summed E-state index contributed by atoms with van der Waals surface area (Å²) in [6.07, 6.45) is 1.55. The van der Waals surface area contributed by atoms with E-state index < -0.39 is 6.04 Å². The van der Waals surface area contributed by atoms with E-state index in [9.17, 15) is 4.79 Å². The van der Waals surface area contributed by atoms with E-state index in [0.29, 0.717) is 17.1 Å². The smallest absolute Gasteiger partial charge is 0.241 e. The second-order valence-corrected chi connectivity index (χ2v) is 5.23. The summed E-state index contributed by atoms with van der Waals surface area (Å²) in [4.78, 5) is 11.8. The molecule has 0 heterocycles. The molecule has 0 fully saturated rings. The summed E-state index contributed by atoms with van der Waals surface area (Å²) in [5, 5.41) is 3.39. The highest BCUT2D eigenvalue weighted by atomic mass is 79.9. The summed E-state index contributed by atoms with van der Waals surface area (Å²) >= 11 is 9.39. The van der Waals surface area contributed by atoms with Crippen LogP contribution in [0.1, 0.15) is 25.3 Å². The Balaban J connectivity index is 2.81. The van der Waals surface area contributed by atoms with Crippen molar-refractivity contribution in [2.24, 2.45) is 5.73 Å². The van der Waals surface area contributed by atoms with Crippen molar-refractivity contribution in [3.05, 3.63) is 27.2 Å². The van der Waals surface area contributed by atoms with Gasteiger partial charge in [0.15, 0.2) is 0 Å². The molecule has 0 aliphatic carbocycles. The molecular formula is C12H16BrClN2O. The maximum atomic E-state index is 11.8. The molecule has 1 atom stereocenters. The van der Waals surface area contributed by atoms with Gasteiger partial charge in [0.2, 0.25) is 5.91 Å². The first-order valence-corrected chi connectivity index (χ1v) is 6.65. The number of aryl methyl sites for hydroxylation is 1. The van der Waals surface area contributed by atoms with Crippen LogP contribution in [0.4, 0.5) is 5.69 Å². The van der Waals surface area contributed by atoms with Crippen molar-refractivity contribution in [1.82, 2.24) is 0 Å². The van der Waals surface area contributed by atoms with Crippen LogP contribution in [0.15, 0.2) is 16.6 Å². The molecule has 17 heavy (non-hydrogen) atoms. The van der Waals surface area contributed by atoms with Crippen LogP contribution in [-0.4, -0.2) is 11.9 Å². The summed E-state index contributed by atoms with van der Waals surface area (Å²) in [6, 6.07) is 3.10. The Morgan fingerprint density at radius 3 is 2.82 bits per heavy atom. The lowest BCUT2D eigenvalue weighted by atomic mass is 10.1. The maximum absolute atomic E-state index is 11.8. The van der Waals surface area contributed by atoms with Gasteiger partial charge in [0.05, 0.1) is 11.7 Å². The summed E-state index contributed by atoms with van der Waals surface area (Å²) in [6.45, 7) is 3.90. The Morgan fingerprint density at radius 2 is 2.24 bits per heavy atom. The number of benzene rings is 1. The molecule has 0 aliphatic heterocycles. The van der Waals surface area contributed by atoms with Crippen LogP contribution in [0, 0.1) is 6.92 Å². The largest absolute Gasteiger partial charge is 0.324 e. The normalized spacial score (nSPS) is 12.3. The van der Waals surface area contributed by atoms with Crippen molar-refractivity contribution in [3.8, 4) is 0 Å². The third-order valence-corrected chi connectivity index (χ3v) is 3.51. The molecule has 0 bridgehead atoms. The molecule has 1 rings (SSSR count). The van der Waals surface area contributed by atoms with Gasteiger partial charge in [-0.05, 0) is 47.0 Å². The SMILES string of the molecule is CCC[C@@H](N)C(=O)Nc1cc(Cl)c(C)cc1Br. The quantitative estimate of drug-likeness (QED) is 0.892. The monoisotopic (exact) mass is 318 g/mol. The number of hydrogen-bond acceptors (Lipinski definition) is 2. The van der Waals surface area contributed by atoms with Crippen molar-refractivity contribution in [2.75, 3.05) is 5.32 Å². The number of carbonyl (C=O) groups excluding carboxylic acids is 1. The summed E-state index contributed by atoms with van der Waals surface area (Å²) in [5.41, 5.74) is 7.34. The van der Waals surface area contributed by atoms with Gasteiger partial charge in [-0.25, -0.2) is 0 Å². The Morgan fingerprint density at radius 1 is 1.59 bits per heavy atom. The van der Waals surface area contributed by atoms with Gasteiger partial charge in [0.1, 0.15) is 0 Å². The van der Waals surface area contributed by atoms with E-state index in [2.05, 4.69) is 21.2 Å². The van der Waals surface area contributed by atoms with E-state index in [1.165, 1.54) is 0 Å². The predicted molar refractivity (Wildman–Crippen MR) is 75.4 cm³/mol. The zero-order valence-corrected chi connectivity index (χ0v) is 12.2. The fraction of sp³-hybridized carbons (Fsp3) is 0.417. The average molecular weight is 320 g/mol. The number of amides is 1. The Kier molecular flexibility index (Phi) is 5.43. The predicted octanol–water partition coefficient (Wildman–Crippen LogP) is 3.48. The zero-order valence-electron chi connectivity index (χ0n) is 9.89. The zero-order chi connectivity index (χ0) is 13.0. The molecule has 3 N–H and O–H groups in total. The molecule has 1 aromatic rings. The first kappa shape index (κ1) is 14.5. The van der Waals surface area contributed by atoms with Crippen LogP contribution >= 0.6 is 27.5 Å². The first-order valence-electron chi connectivity index (χ1n) is 5.47. The van der Waals surface area contributed by atoms with Gasteiger partial charge in [0.25, 0.3) is 0 Å². The number of rotatable bonds is 4. The van der Waals surface area contributed by atoms with E-state index in [0.717, 1.165) is 16.5 Å². The van der Waals surface area contributed by atoms with Gasteiger partial charge in [-0.3, -0.25) is 4.79 Å². The molecule has 0 aromatic heterocycles. The molecule has 0 saturated carbocycles. The number of hydrogen-bond donors (Lipinski definition) is 2. The van der Waals surface area contributed by atoms with Gasteiger partial charge in [-0.1, -0.05) is 24.9 Å². The maximum Gasteiger partial charge on any atom is 0.241 e. The number of carbonyl (C=O) groups is 1. The number of nitrogens with two attached hydrogens (primary N) is 1. The summed E-state index contributed by atoms with van der Waals surface area (Å²) in [5.74, 6) is -0.188. The highest BCUT2D eigenvalue weighted by Crippen LogP contribution is 2.29. The molecule has 0 saturated heterocycles. The summed E-state index contributed by atoms with van der Waals surface area (Å²) < 4.78 is 0.802. The number of halogens is 2. The van der Waals surface area contributed by atoms with Crippen LogP contribution in [0.25, 0.3) is 0 Å². The van der Waals surface area contributed by atoms with Gasteiger partial charge >= 0.3 is 0 Å². The molecule has 1 aromatic carbocycles. The Bertz CT molecular complexity index is 423. The standard InChI is InChI=1S/C12H16BrClN2O/c1-3-4-10(15)12(17)16-11-6-9(14)7(2)5-8(11)13/h5-6,10H,3-4,15H2,1-2H3,(H,16,17)/t10-/m1/s1. The lowest BCUT2D eigenvalue weighted by molar-refractivity contribution is -0.117. The minimum Gasteiger partial charge on any atom is -0.324 e. The third kappa shape index (κ3) is 3.98. The fourth-order valence-corrected chi connectivity index (χ4v) is 2.13. The molecule has 5 heteroatoms. The van der Waals surface area contributed by atoms with Crippen molar-refractivity contribution in [1.29, 1.82) is 0 Å². The van der Waals surface area contributed by atoms with Crippen LogP contribution in [-0.2, 0) is 4.79 Å². The van der Waals surface area contributed by atoms with Gasteiger partial charge in [-0.2, -0.15) is 0 Å². The van der Waals surface area contributed by atoms with Crippen LogP contribution in [0.2, 0.25) is 5.02 Å². The van der Waals surface area contributed by atoms with Crippen molar-refractivity contribution in [2.45, 2.75) is 32.7 Å². The molecule has 0 aliphatic rings. The van der Waals surface area contributed by atoms with Gasteiger partial charge < -0.3 is 11.1 Å². The van der Waals surface area contributed by atoms with Crippen LogP contribution < -0.4 is 11.1 Å². The topological polar surface area (TPSA) is 55.1 Å². The molecule has 1 amide bonds. The Labute approximate surface area is 115 Å². The number of nitrogens with one attached hydrogen (secondary N) is 1. The number of anilines is 1. The van der Waals surface area contributed by atoms with Gasteiger partial charge in [-0.15, -0.1) is 0 Å². The lowest BCUT2D eigenvalue weighted by Gasteiger charge is -2.13. The van der Waals surface area contributed by atoms with E-state index in [-0.39, 0.29) is 5.91 Å². The molecule has 94 valence electrons. The summed E-state index contributed by atoms with van der Waals surface area (Å²) in [7, 11) is 0. The Hall–Kier alpha value is -0.580. The minimum absolute atomic E-state index is 0.188. The van der Waals surface area contributed by atoms with E-state index in [1.807, 2.05) is 19.9 Å². The van der Waals surface area contributed by atoms with E-state index in [4.69, 9.17) is 17.3 Å². The highest BCUT2D eigenvalue weighted by Gasteiger charge is 2.14.